The van der Waals surface area contributed by atoms with Gasteiger partial charge in [0.2, 0.25) is 15.9 Å². The first-order chi connectivity index (χ1) is 14.9. The van der Waals surface area contributed by atoms with Crippen LogP contribution in [0.1, 0.15) is 50.7 Å². The molecule has 1 aromatic carbocycles. The van der Waals surface area contributed by atoms with Crippen LogP contribution in [-0.2, 0) is 16.6 Å². The molecule has 2 N–H and O–H groups in total. The van der Waals surface area contributed by atoms with E-state index in [2.05, 4.69) is 15.1 Å². The van der Waals surface area contributed by atoms with Crippen LogP contribution in [0.15, 0.2) is 23.1 Å². The molecule has 0 spiro atoms. The molecular weight excluding hydrogens is 438 g/mol. The van der Waals surface area contributed by atoms with Crippen molar-refractivity contribution in [2.75, 3.05) is 6.54 Å². The van der Waals surface area contributed by atoms with E-state index in [0.717, 1.165) is 12.1 Å². The number of aromatic nitrogens is 2. The lowest BCUT2D eigenvalue weighted by molar-refractivity contribution is -0.385. The molecule has 0 saturated carbocycles. The monoisotopic (exact) mass is 467 g/mol. The summed E-state index contributed by atoms with van der Waals surface area (Å²) in [7, 11) is -4.11. The third-order valence-electron chi connectivity index (χ3n) is 4.34. The smallest absolute Gasteiger partial charge is 0.272 e. The molecule has 0 aliphatic carbocycles. The fourth-order valence-corrected chi connectivity index (χ4v) is 4.26. The van der Waals surface area contributed by atoms with Gasteiger partial charge in [-0.2, -0.15) is 5.10 Å². The molecule has 0 aliphatic rings. The molecule has 11 nitrogen and oxygen atoms in total. The average Bonchev–Trinajstić information content (AvgIpc) is 3.00. The van der Waals surface area contributed by atoms with Gasteiger partial charge in [-0.1, -0.05) is 13.8 Å². The Labute approximate surface area is 187 Å². The second kappa shape index (κ2) is 10.1. The molecule has 1 heterocycles. The number of hydrogen-bond donors (Lipinski definition) is 2. The second-order valence-electron chi connectivity index (χ2n) is 7.96. The predicted molar refractivity (Wildman–Crippen MR) is 118 cm³/mol. The Morgan fingerprint density at radius 3 is 2.47 bits per heavy atom. The lowest BCUT2D eigenvalue weighted by Crippen LogP contribution is -2.30. The molecule has 0 fully saturated rings. The number of benzene rings is 1. The van der Waals surface area contributed by atoms with Crippen LogP contribution in [0.3, 0.4) is 0 Å². The van der Waals surface area contributed by atoms with Crippen molar-refractivity contribution in [3.8, 4) is 11.6 Å². The molecule has 1 aromatic heterocycles. The van der Waals surface area contributed by atoms with Crippen molar-refractivity contribution >= 4 is 21.6 Å². The highest BCUT2D eigenvalue weighted by atomic mass is 32.2. The maximum atomic E-state index is 12.8. The van der Waals surface area contributed by atoms with Crippen LogP contribution in [0.25, 0.3) is 0 Å². The molecule has 0 atom stereocenters. The molecule has 0 saturated heterocycles. The van der Waals surface area contributed by atoms with Crippen LogP contribution in [0.2, 0.25) is 0 Å². The molecule has 0 unspecified atom stereocenters. The molecule has 0 bridgehead atoms. The molecule has 1 amide bonds. The summed E-state index contributed by atoms with van der Waals surface area (Å²) in [5, 5.41) is 18.3. The van der Waals surface area contributed by atoms with Crippen LogP contribution in [0, 0.1) is 23.0 Å². The van der Waals surface area contributed by atoms with E-state index >= 15 is 0 Å². The highest BCUT2D eigenvalue weighted by Gasteiger charge is 2.27. The number of nitrogens with one attached hydrogen (secondary N) is 2. The quantitative estimate of drug-likeness (QED) is 0.403. The van der Waals surface area contributed by atoms with Gasteiger partial charge in [-0.25, -0.2) is 17.8 Å². The summed E-state index contributed by atoms with van der Waals surface area (Å²) in [6.45, 7) is 11.5. The summed E-state index contributed by atoms with van der Waals surface area (Å²) >= 11 is 0. The van der Waals surface area contributed by atoms with Gasteiger partial charge in [-0.3, -0.25) is 14.9 Å². The Bertz CT molecular complexity index is 1110. The number of nitro benzene ring substituents is 1. The van der Waals surface area contributed by atoms with Crippen molar-refractivity contribution in [3.05, 3.63) is 39.6 Å². The van der Waals surface area contributed by atoms with Gasteiger partial charge in [0.25, 0.3) is 11.6 Å². The van der Waals surface area contributed by atoms with Crippen molar-refractivity contribution in [3.63, 3.8) is 0 Å². The first-order valence-corrected chi connectivity index (χ1v) is 11.7. The first-order valence-electron chi connectivity index (χ1n) is 10.2. The minimum absolute atomic E-state index is 0.115. The normalized spacial score (nSPS) is 11.8. The van der Waals surface area contributed by atoms with Crippen molar-refractivity contribution in [2.45, 2.75) is 59.0 Å². The van der Waals surface area contributed by atoms with Crippen LogP contribution in [0.5, 0.6) is 11.6 Å². The lowest BCUT2D eigenvalue weighted by Gasteiger charge is -2.15. The van der Waals surface area contributed by atoms with E-state index in [1.165, 1.54) is 10.7 Å². The summed E-state index contributed by atoms with van der Waals surface area (Å²) in [5.41, 5.74) is 0.191. The number of ether oxygens (including phenoxy) is 1. The largest absolute Gasteiger partial charge is 0.438 e. The molecule has 0 aliphatic heterocycles. The molecule has 0 radical (unpaired) electrons. The number of nitrogens with zero attached hydrogens (tertiary/aromatic N) is 3. The Balaban J connectivity index is 2.54. The maximum Gasteiger partial charge on any atom is 0.272 e. The average molecular weight is 468 g/mol. The van der Waals surface area contributed by atoms with E-state index in [1.54, 1.807) is 27.7 Å². The van der Waals surface area contributed by atoms with Crippen LogP contribution in [-0.4, -0.2) is 41.6 Å². The Morgan fingerprint density at radius 2 is 1.94 bits per heavy atom. The second-order valence-corrected chi connectivity index (χ2v) is 9.65. The predicted octanol–water partition coefficient (Wildman–Crippen LogP) is 2.98. The van der Waals surface area contributed by atoms with Crippen molar-refractivity contribution in [1.82, 2.24) is 19.8 Å². The zero-order valence-corrected chi connectivity index (χ0v) is 19.8. The number of aryl methyl sites for hydroxylation is 1. The molecule has 176 valence electrons. The highest BCUT2D eigenvalue weighted by molar-refractivity contribution is 7.89. The Hall–Kier alpha value is -2.99. The van der Waals surface area contributed by atoms with Gasteiger partial charge in [0, 0.05) is 36.8 Å². The molecule has 12 heteroatoms. The minimum atomic E-state index is -4.11. The van der Waals surface area contributed by atoms with E-state index in [9.17, 15) is 23.3 Å². The summed E-state index contributed by atoms with van der Waals surface area (Å²) in [6, 6.07) is 2.88. The van der Waals surface area contributed by atoms with E-state index in [-0.39, 0.29) is 34.0 Å². The number of carbonyl (C=O) groups excluding carboxylic acids is 1. The fraction of sp³-hybridized carbons (Fsp3) is 0.500. The third-order valence-corrected chi connectivity index (χ3v) is 6.02. The topological polar surface area (TPSA) is 145 Å². The van der Waals surface area contributed by atoms with Gasteiger partial charge in [0.15, 0.2) is 5.69 Å². The number of nitro groups is 1. The minimum Gasteiger partial charge on any atom is -0.438 e. The first kappa shape index (κ1) is 25.3. The van der Waals surface area contributed by atoms with Crippen molar-refractivity contribution < 1.29 is 22.9 Å². The molecule has 2 rings (SSSR count). The lowest BCUT2D eigenvalue weighted by atomic mass is 10.2. The number of amides is 1. The summed E-state index contributed by atoms with van der Waals surface area (Å²) in [6.07, 6.45) is 0. The zero-order chi connectivity index (χ0) is 24.2. The van der Waals surface area contributed by atoms with E-state index < -0.39 is 26.7 Å². The van der Waals surface area contributed by atoms with Crippen LogP contribution in [0.4, 0.5) is 5.69 Å². The number of rotatable bonds is 10. The maximum absolute atomic E-state index is 12.8. The standard InChI is InChI=1S/C20H29N5O6S/c1-7-24-20(14(6)18(22-24)19(26)21-11-12(2)3)31-16-9-8-15(25(27)28)10-17(16)32(29,30)23-13(4)5/h8-10,12-13,23H,7,11H2,1-6H3,(H,21,26). The van der Waals surface area contributed by atoms with Gasteiger partial charge in [-0.05, 0) is 39.7 Å². The SMILES string of the molecule is CCn1nc(C(=O)NCC(C)C)c(C)c1Oc1ccc([N+](=O)[O-])cc1S(=O)(=O)NC(C)C. The summed E-state index contributed by atoms with van der Waals surface area (Å²) < 4.78 is 35.4. The van der Waals surface area contributed by atoms with Crippen molar-refractivity contribution in [2.24, 2.45) is 5.92 Å². The zero-order valence-electron chi connectivity index (χ0n) is 19.0. The van der Waals surface area contributed by atoms with E-state index in [0.29, 0.717) is 18.7 Å². The molecule has 32 heavy (non-hydrogen) atoms. The Kier molecular flexibility index (Phi) is 7.97. The van der Waals surface area contributed by atoms with Gasteiger partial charge >= 0.3 is 0 Å². The van der Waals surface area contributed by atoms with Gasteiger partial charge in [0.1, 0.15) is 10.6 Å². The van der Waals surface area contributed by atoms with Crippen molar-refractivity contribution in [1.29, 1.82) is 0 Å². The summed E-state index contributed by atoms with van der Waals surface area (Å²) in [4.78, 5) is 22.7. The molecule has 2 aromatic rings. The molecular formula is C20H29N5O6S. The van der Waals surface area contributed by atoms with E-state index in [1.807, 2.05) is 13.8 Å². The van der Waals surface area contributed by atoms with Gasteiger partial charge in [0.05, 0.1) is 4.92 Å². The number of carbonyl (C=O) groups is 1. The van der Waals surface area contributed by atoms with Gasteiger partial charge in [-0.15, -0.1) is 0 Å². The van der Waals surface area contributed by atoms with Gasteiger partial charge < -0.3 is 10.1 Å². The highest BCUT2D eigenvalue weighted by Crippen LogP contribution is 2.34. The van der Waals surface area contributed by atoms with E-state index in [4.69, 9.17) is 4.74 Å². The number of hydrogen-bond acceptors (Lipinski definition) is 7. The Morgan fingerprint density at radius 1 is 1.28 bits per heavy atom. The summed E-state index contributed by atoms with van der Waals surface area (Å²) in [5.74, 6) is -0.0523. The van der Waals surface area contributed by atoms with Crippen LogP contribution < -0.4 is 14.8 Å². The number of sulfonamides is 1. The number of non-ortho nitro benzene ring substituents is 1. The van der Waals surface area contributed by atoms with Crippen LogP contribution >= 0.6 is 0 Å². The third kappa shape index (κ3) is 5.82. The fourth-order valence-electron chi connectivity index (χ4n) is 2.86.